The second kappa shape index (κ2) is 6.18. The summed E-state index contributed by atoms with van der Waals surface area (Å²) in [6, 6.07) is 0. The van der Waals surface area contributed by atoms with E-state index in [1.54, 1.807) is 11.8 Å². The van der Waals surface area contributed by atoms with E-state index in [0.717, 1.165) is 30.1 Å². The average molecular weight is 246 g/mol. The molecular formula is C10H16ClN3S. The minimum Gasteiger partial charge on any atom is -0.369 e. The van der Waals surface area contributed by atoms with Crippen molar-refractivity contribution in [1.82, 2.24) is 9.97 Å². The van der Waals surface area contributed by atoms with Crippen LogP contribution in [0.3, 0.4) is 0 Å². The van der Waals surface area contributed by atoms with Crippen LogP contribution in [-0.2, 0) is 6.42 Å². The smallest absolute Gasteiger partial charge is 0.138 e. The number of thioether (sulfide) groups is 1. The minimum absolute atomic E-state index is 0.566. The van der Waals surface area contributed by atoms with Gasteiger partial charge in [-0.05, 0) is 19.6 Å². The number of nitrogens with one attached hydrogen (secondary N) is 1. The molecule has 0 aromatic carbocycles. The molecule has 1 aromatic rings. The van der Waals surface area contributed by atoms with Crippen LogP contribution in [0.25, 0.3) is 0 Å². The number of hydrogen-bond donors (Lipinski definition) is 1. The molecule has 84 valence electrons. The third kappa shape index (κ3) is 3.54. The molecular weight excluding hydrogens is 230 g/mol. The lowest BCUT2D eigenvalue weighted by Gasteiger charge is -2.11. The molecule has 1 rings (SSSR count). The molecule has 1 heterocycles. The van der Waals surface area contributed by atoms with Crippen LogP contribution in [0, 0.1) is 6.92 Å². The zero-order valence-electron chi connectivity index (χ0n) is 9.30. The van der Waals surface area contributed by atoms with Crippen molar-refractivity contribution in [1.29, 1.82) is 0 Å². The van der Waals surface area contributed by atoms with Gasteiger partial charge in [0.15, 0.2) is 0 Å². The van der Waals surface area contributed by atoms with Gasteiger partial charge in [0, 0.05) is 17.9 Å². The number of hydrogen-bond acceptors (Lipinski definition) is 4. The first-order valence-electron chi connectivity index (χ1n) is 4.94. The predicted molar refractivity (Wildman–Crippen MR) is 68.0 cm³/mol. The Kier molecular flexibility index (Phi) is 5.19. The molecule has 0 saturated heterocycles. The lowest BCUT2D eigenvalue weighted by molar-refractivity contribution is 0.980. The number of aryl methyl sites for hydroxylation is 1. The highest BCUT2D eigenvalue weighted by atomic mass is 35.5. The number of halogens is 1. The second-order valence-corrected chi connectivity index (χ2v) is 4.51. The first-order valence-corrected chi connectivity index (χ1v) is 6.72. The summed E-state index contributed by atoms with van der Waals surface area (Å²) in [7, 11) is 0. The van der Waals surface area contributed by atoms with Crippen molar-refractivity contribution in [2.75, 3.05) is 23.9 Å². The summed E-state index contributed by atoms with van der Waals surface area (Å²) in [5, 5.41) is 3.86. The van der Waals surface area contributed by atoms with E-state index in [9.17, 15) is 0 Å². The molecule has 15 heavy (non-hydrogen) atoms. The van der Waals surface area contributed by atoms with E-state index in [-0.39, 0.29) is 0 Å². The maximum Gasteiger partial charge on any atom is 0.138 e. The van der Waals surface area contributed by atoms with E-state index >= 15 is 0 Å². The van der Waals surface area contributed by atoms with Gasteiger partial charge in [0.2, 0.25) is 0 Å². The van der Waals surface area contributed by atoms with Crippen LogP contribution < -0.4 is 5.32 Å². The van der Waals surface area contributed by atoms with Gasteiger partial charge in [0.1, 0.15) is 16.8 Å². The molecule has 0 aliphatic rings. The zero-order chi connectivity index (χ0) is 11.3. The first kappa shape index (κ1) is 12.6. The maximum atomic E-state index is 6.05. The zero-order valence-corrected chi connectivity index (χ0v) is 10.9. The van der Waals surface area contributed by atoms with Gasteiger partial charge in [0.05, 0.1) is 0 Å². The van der Waals surface area contributed by atoms with Crippen LogP contribution in [0.1, 0.15) is 18.3 Å². The van der Waals surface area contributed by atoms with Crippen LogP contribution in [-0.4, -0.2) is 28.5 Å². The van der Waals surface area contributed by atoms with E-state index in [1.807, 2.05) is 6.92 Å². The topological polar surface area (TPSA) is 37.8 Å². The molecule has 0 aliphatic carbocycles. The molecule has 0 atom stereocenters. The van der Waals surface area contributed by atoms with Crippen LogP contribution in [0.5, 0.6) is 0 Å². The molecule has 0 radical (unpaired) electrons. The highest BCUT2D eigenvalue weighted by molar-refractivity contribution is 7.98. The van der Waals surface area contributed by atoms with Crippen molar-refractivity contribution in [3.05, 3.63) is 16.5 Å². The molecule has 0 fully saturated rings. The van der Waals surface area contributed by atoms with Crippen molar-refractivity contribution < 1.29 is 0 Å². The van der Waals surface area contributed by atoms with E-state index in [4.69, 9.17) is 11.6 Å². The molecule has 0 aliphatic heterocycles. The Balaban J connectivity index is 2.84. The van der Waals surface area contributed by atoms with Gasteiger partial charge in [-0.3, -0.25) is 0 Å². The Bertz CT molecular complexity index is 331. The van der Waals surface area contributed by atoms with Crippen molar-refractivity contribution in [2.24, 2.45) is 0 Å². The molecule has 0 bridgehead atoms. The predicted octanol–water partition coefficient (Wildman–Crippen LogP) is 2.78. The standard InChI is InChI=1S/C10H16ClN3S/c1-4-8-9(11)13-7(2)14-10(8)12-5-6-15-3/h4-6H2,1-3H3,(H,12,13,14). The van der Waals surface area contributed by atoms with E-state index in [2.05, 4.69) is 28.5 Å². The molecule has 3 nitrogen and oxygen atoms in total. The summed E-state index contributed by atoms with van der Waals surface area (Å²) in [6.45, 7) is 4.81. The molecule has 1 aromatic heterocycles. The van der Waals surface area contributed by atoms with Crippen LogP contribution in [0.15, 0.2) is 0 Å². The summed E-state index contributed by atoms with van der Waals surface area (Å²) in [5.41, 5.74) is 1.00. The summed E-state index contributed by atoms with van der Waals surface area (Å²) >= 11 is 7.86. The number of rotatable bonds is 5. The number of anilines is 1. The maximum absolute atomic E-state index is 6.05. The van der Waals surface area contributed by atoms with E-state index in [1.165, 1.54) is 0 Å². The van der Waals surface area contributed by atoms with Crippen molar-refractivity contribution >= 4 is 29.2 Å². The molecule has 0 amide bonds. The largest absolute Gasteiger partial charge is 0.369 e. The van der Waals surface area contributed by atoms with Gasteiger partial charge >= 0.3 is 0 Å². The van der Waals surface area contributed by atoms with Gasteiger partial charge in [-0.1, -0.05) is 18.5 Å². The van der Waals surface area contributed by atoms with Gasteiger partial charge in [-0.25, -0.2) is 9.97 Å². The van der Waals surface area contributed by atoms with Crippen molar-refractivity contribution in [3.8, 4) is 0 Å². The molecule has 0 unspecified atom stereocenters. The van der Waals surface area contributed by atoms with Gasteiger partial charge < -0.3 is 5.32 Å². The van der Waals surface area contributed by atoms with E-state index in [0.29, 0.717) is 11.0 Å². The molecule has 0 saturated carbocycles. The third-order valence-corrected chi connectivity index (χ3v) is 2.95. The first-order chi connectivity index (χ1) is 7.19. The minimum atomic E-state index is 0.566. The van der Waals surface area contributed by atoms with Gasteiger partial charge in [-0.2, -0.15) is 11.8 Å². The van der Waals surface area contributed by atoms with Gasteiger partial charge in [0.25, 0.3) is 0 Å². The second-order valence-electron chi connectivity index (χ2n) is 3.16. The molecule has 5 heteroatoms. The number of aromatic nitrogens is 2. The Hall–Kier alpha value is -0.480. The Morgan fingerprint density at radius 2 is 2.13 bits per heavy atom. The quantitative estimate of drug-likeness (QED) is 0.640. The Morgan fingerprint density at radius 1 is 1.40 bits per heavy atom. The lowest BCUT2D eigenvalue weighted by atomic mass is 10.2. The SMILES string of the molecule is CCc1c(Cl)nc(C)nc1NCCSC. The van der Waals surface area contributed by atoms with Crippen LogP contribution >= 0.6 is 23.4 Å². The van der Waals surface area contributed by atoms with E-state index < -0.39 is 0 Å². The fourth-order valence-corrected chi connectivity index (χ4v) is 1.94. The fraction of sp³-hybridized carbons (Fsp3) is 0.600. The van der Waals surface area contributed by atoms with Crippen LogP contribution in [0.2, 0.25) is 5.15 Å². The summed E-state index contributed by atoms with van der Waals surface area (Å²) in [6.07, 6.45) is 2.93. The average Bonchev–Trinajstić information content (AvgIpc) is 2.17. The number of nitrogens with zero attached hydrogens (tertiary/aromatic N) is 2. The summed E-state index contributed by atoms with van der Waals surface area (Å²) in [4.78, 5) is 8.50. The Labute approximate surface area is 100 Å². The van der Waals surface area contributed by atoms with Gasteiger partial charge in [-0.15, -0.1) is 0 Å². The highest BCUT2D eigenvalue weighted by Crippen LogP contribution is 2.21. The monoisotopic (exact) mass is 245 g/mol. The third-order valence-electron chi connectivity index (χ3n) is 2.02. The fourth-order valence-electron chi connectivity index (χ4n) is 1.29. The normalized spacial score (nSPS) is 10.4. The van der Waals surface area contributed by atoms with Crippen molar-refractivity contribution in [3.63, 3.8) is 0 Å². The summed E-state index contributed by atoms with van der Waals surface area (Å²) in [5.74, 6) is 2.65. The van der Waals surface area contributed by atoms with Crippen molar-refractivity contribution in [2.45, 2.75) is 20.3 Å². The molecule has 1 N–H and O–H groups in total. The summed E-state index contributed by atoms with van der Waals surface area (Å²) < 4.78 is 0. The van der Waals surface area contributed by atoms with Crippen LogP contribution in [0.4, 0.5) is 5.82 Å². The molecule has 0 spiro atoms. The lowest BCUT2D eigenvalue weighted by Crippen LogP contribution is -2.10. The highest BCUT2D eigenvalue weighted by Gasteiger charge is 2.08. The Morgan fingerprint density at radius 3 is 2.73 bits per heavy atom.